The summed E-state index contributed by atoms with van der Waals surface area (Å²) in [6, 6.07) is 2.85. The number of aromatic amines is 2. The Morgan fingerprint density at radius 1 is 1.06 bits per heavy atom. The summed E-state index contributed by atoms with van der Waals surface area (Å²) in [5, 5.41) is -0.0407. The van der Waals surface area contributed by atoms with Gasteiger partial charge < -0.3 is 24.5 Å². The molecule has 3 atom stereocenters. The zero-order valence-corrected chi connectivity index (χ0v) is 27.3. The van der Waals surface area contributed by atoms with Gasteiger partial charge in [0, 0.05) is 70.8 Å². The van der Waals surface area contributed by atoms with Crippen molar-refractivity contribution in [1.29, 1.82) is 0 Å². The number of hydrogen-bond acceptors (Lipinski definition) is 8. The standard InChI is InChI=1S/C33H28F5N7O4S/c1-4-23(46)44-15(2)11-43(12-16(44)3)30-19-9-20(33(36,37)38)24(25-21(34)10-22(35)26-27(25)41-31(47)40-26)29-28(19)45(32(48)42-30)17(14-50-29)13-49-18-5-7-39-8-6-18/h4-10,15-17H,1,11-14H2,2-3H3,(H2,40,41,47)/t15-,16+,17-/m0/s1. The highest BCUT2D eigenvalue weighted by atomic mass is 32.2. The van der Waals surface area contributed by atoms with E-state index in [0.29, 0.717) is 11.8 Å². The van der Waals surface area contributed by atoms with Gasteiger partial charge >= 0.3 is 17.6 Å². The summed E-state index contributed by atoms with van der Waals surface area (Å²) in [7, 11) is 0. The number of H-pyrrole nitrogens is 2. The molecule has 5 aromatic rings. The van der Waals surface area contributed by atoms with Crippen LogP contribution in [0.25, 0.3) is 33.1 Å². The lowest BCUT2D eigenvalue weighted by Crippen LogP contribution is -2.58. The van der Waals surface area contributed by atoms with Crippen LogP contribution in [0.4, 0.5) is 27.8 Å². The fourth-order valence-corrected chi connectivity index (χ4v) is 8.26. The molecule has 7 rings (SSSR count). The molecule has 3 aromatic heterocycles. The number of halogens is 5. The molecule has 0 saturated carbocycles. The maximum Gasteiger partial charge on any atom is 0.417 e. The van der Waals surface area contributed by atoms with Crippen LogP contribution in [0.3, 0.4) is 0 Å². The molecule has 2 aliphatic rings. The normalized spacial score (nSPS) is 19.3. The van der Waals surface area contributed by atoms with E-state index >= 15 is 17.6 Å². The monoisotopic (exact) mass is 713 g/mol. The van der Waals surface area contributed by atoms with Crippen molar-refractivity contribution in [2.45, 2.75) is 43.0 Å². The Labute approximate surface area is 283 Å². The van der Waals surface area contributed by atoms with E-state index in [4.69, 9.17) is 4.74 Å². The maximum atomic E-state index is 15.8. The number of hydrogen-bond donors (Lipinski definition) is 2. The molecule has 2 aromatic carbocycles. The molecule has 17 heteroatoms. The van der Waals surface area contributed by atoms with Gasteiger partial charge in [0.05, 0.1) is 22.6 Å². The predicted molar refractivity (Wildman–Crippen MR) is 177 cm³/mol. The SMILES string of the molecule is C=CC(=O)N1[C@H](C)CN(c2nc(=O)n3c4c(c(-c5c(F)cc(F)c6[nH]c(=O)[nH]c56)c(C(F)(F)F)cc24)SC[C@@H]3COc2ccncc2)C[C@@H]1C. The van der Waals surface area contributed by atoms with Crippen LogP contribution in [-0.2, 0) is 11.0 Å². The van der Waals surface area contributed by atoms with E-state index in [2.05, 4.69) is 26.5 Å². The van der Waals surface area contributed by atoms with Gasteiger partial charge in [0.1, 0.15) is 29.5 Å². The Morgan fingerprint density at radius 3 is 2.40 bits per heavy atom. The second kappa shape index (κ2) is 12.3. The van der Waals surface area contributed by atoms with Gasteiger partial charge in [0.25, 0.3) is 0 Å². The molecule has 2 N–H and O–H groups in total. The second-order valence-corrected chi connectivity index (χ2v) is 13.2. The number of carbonyl (C=O) groups is 1. The Morgan fingerprint density at radius 2 is 1.74 bits per heavy atom. The van der Waals surface area contributed by atoms with Crippen LogP contribution in [0.2, 0.25) is 0 Å². The van der Waals surface area contributed by atoms with Crippen LogP contribution in [0.1, 0.15) is 25.5 Å². The lowest BCUT2D eigenvalue weighted by atomic mass is 9.94. The Hall–Kier alpha value is -5.19. The van der Waals surface area contributed by atoms with E-state index in [-0.39, 0.29) is 53.0 Å². The smallest absolute Gasteiger partial charge is 0.417 e. The summed E-state index contributed by atoms with van der Waals surface area (Å²) in [6.07, 6.45) is -0.875. The van der Waals surface area contributed by atoms with E-state index in [1.165, 1.54) is 23.0 Å². The summed E-state index contributed by atoms with van der Waals surface area (Å²) in [6.45, 7) is 7.29. The van der Waals surface area contributed by atoms with Gasteiger partial charge in [-0.05, 0) is 38.1 Å². The highest BCUT2D eigenvalue weighted by molar-refractivity contribution is 7.99. The number of rotatable bonds is 6. The molecule has 2 aliphatic heterocycles. The van der Waals surface area contributed by atoms with Crippen molar-refractivity contribution in [3.63, 3.8) is 0 Å². The van der Waals surface area contributed by atoms with Crippen molar-refractivity contribution >= 4 is 45.4 Å². The van der Waals surface area contributed by atoms with Crippen LogP contribution in [0.15, 0.2) is 63.8 Å². The quantitative estimate of drug-likeness (QED) is 0.180. The van der Waals surface area contributed by atoms with E-state index in [0.717, 1.165) is 17.8 Å². The Kier molecular flexibility index (Phi) is 8.19. The molecular formula is C33H28F5N7O4S. The molecule has 0 spiro atoms. The molecule has 5 heterocycles. The van der Waals surface area contributed by atoms with Crippen LogP contribution >= 0.6 is 11.8 Å². The summed E-state index contributed by atoms with van der Waals surface area (Å²) in [5.74, 6) is -2.41. The largest absolute Gasteiger partial charge is 0.491 e. The first-order valence-corrected chi connectivity index (χ1v) is 16.4. The molecular weight excluding hydrogens is 685 g/mol. The third kappa shape index (κ3) is 5.48. The number of piperazine rings is 1. The molecule has 1 amide bonds. The average Bonchev–Trinajstić information content (AvgIpc) is 3.46. The number of nitrogens with zero attached hydrogens (tertiary/aromatic N) is 5. The molecule has 0 unspecified atom stereocenters. The number of ether oxygens (including phenoxy) is 1. The number of fused-ring (bicyclic) bond motifs is 1. The third-order valence-corrected chi connectivity index (χ3v) is 10.2. The highest BCUT2D eigenvalue weighted by Gasteiger charge is 2.42. The van der Waals surface area contributed by atoms with Gasteiger partial charge in [-0.25, -0.2) is 18.4 Å². The lowest BCUT2D eigenvalue weighted by Gasteiger charge is -2.45. The third-order valence-electron chi connectivity index (χ3n) is 8.93. The van der Waals surface area contributed by atoms with Crippen LogP contribution < -0.4 is 21.0 Å². The van der Waals surface area contributed by atoms with Gasteiger partial charge in [-0.3, -0.25) is 14.3 Å². The molecule has 1 fully saturated rings. The number of anilines is 1. The number of thioether (sulfide) groups is 1. The van der Waals surface area contributed by atoms with Crippen LogP contribution in [0, 0.1) is 11.6 Å². The number of nitrogens with one attached hydrogen (secondary N) is 2. The summed E-state index contributed by atoms with van der Waals surface area (Å²) in [5.41, 5.74) is -5.30. The number of amides is 1. The maximum absolute atomic E-state index is 15.8. The number of benzene rings is 2. The van der Waals surface area contributed by atoms with Gasteiger partial charge in [-0.1, -0.05) is 6.58 Å². The molecule has 0 bridgehead atoms. The Bertz CT molecular complexity index is 2290. The summed E-state index contributed by atoms with van der Waals surface area (Å²) < 4.78 is 83.4. The second-order valence-electron chi connectivity index (χ2n) is 12.2. The number of imidazole rings is 1. The minimum Gasteiger partial charge on any atom is -0.491 e. The van der Waals surface area contributed by atoms with Gasteiger partial charge in [0.2, 0.25) is 5.91 Å². The highest BCUT2D eigenvalue weighted by Crippen LogP contribution is 2.51. The van der Waals surface area contributed by atoms with Crippen molar-refractivity contribution in [2.75, 3.05) is 30.3 Å². The van der Waals surface area contributed by atoms with Crippen molar-refractivity contribution in [2.24, 2.45) is 0 Å². The molecule has 11 nitrogen and oxygen atoms in total. The fraction of sp³-hybridized carbons (Fsp3) is 0.303. The van der Waals surface area contributed by atoms with Crippen molar-refractivity contribution in [1.82, 2.24) is 29.4 Å². The van der Waals surface area contributed by atoms with E-state index in [1.54, 1.807) is 35.8 Å². The first-order valence-electron chi connectivity index (χ1n) is 15.4. The van der Waals surface area contributed by atoms with Gasteiger partial charge in [-0.15, -0.1) is 11.8 Å². The number of aromatic nitrogens is 5. The number of carbonyl (C=O) groups excluding carboxylic acids is 1. The van der Waals surface area contributed by atoms with Gasteiger partial charge in [-0.2, -0.15) is 18.2 Å². The van der Waals surface area contributed by atoms with Crippen LogP contribution in [0.5, 0.6) is 5.75 Å². The van der Waals surface area contributed by atoms with E-state index in [1.807, 2.05) is 0 Å². The summed E-state index contributed by atoms with van der Waals surface area (Å²) >= 11 is 0.952. The molecule has 0 aliphatic carbocycles. The Balaban J connectivity index is 1.52. The van der Waals surface area contributed by atoms with Crippen molar-refractivity contribution in [3.05, 3.63) is 87.5 Å². The topological polar surface area (TPSA) is 129 Å². The van der Waals surface area contributed by atoms with E-state index in [9.17, 15) is 18.8 Å². The fourth-order valence-electron chi connectivity index (χ4n) is 6.96. The van der Waals surface area contributed by atoms with Crippen molar-refractivity contribution in [3.8, 4) is 16.9 Å². The van der Waals surface area contributed by atoms with Crippen molar-refractivity contribution < 1.29 is 31.5 Å². The van der Waals surface area contributed by atoms with Gasteiger partial charge in [0.15, 0.2) is 5.82 Å². The average molecular weight is 714 g/mol. The number of alkyl halides is 3. The lowest BCUT2D eigenvalue weighted by molar-refractivity contribution is -0.137. The number of pyridine rings is 1. The first-order chi connectivity index (χ1) is 23.8. The molecule has 1 saturated heterocycles. The molecule has 0 radical (unpaired) electrons. The minimum atomic E-state index is -5.08. The minimum absolute atomic E-state index is 0.0223. The first kappa shape index (κ1) is 33.3. The predicted octanol–water partition coefficient (Wildman–Crippen LogP) is 5.26. The molecule has 260 valence electrons. The van der Waals surface area contributed by atoms with E-state index < -0.39 is 75.0 Å². The zero-order chi connectivity index (χ0) is 35.6. The van der Waals surface area contributed by atoms with Crippen LogP contribution in [-0.4, -0.2) is 72.8 Å². The molecule has 50 heavy (non-hydrogen) atoms. The summed E-state index contributed by atoms with van der Waals surface area (Å²) in [4.78, 5) is 54.8. The zero-order valence-electron chi connectivity index (χ0n) is 26.5.